The van der Waals surface area contributed by atoms with Gasteiger partial charge in [-0.2, -0.15) is 0 Å². The van der Waals surface area contributed by atoms with E-state index in [4.69, 9.17) is 10.5 Å². The predicted octanol–water partition coefficient (Wildman–Crippen LogP) is 0.578. The van der Waals surface area contributed by atoms with Crippen LogP contribution in [0.15, 0.2) is 18.3 Å². The molecular weight excluding hydrogens is 260 g/mol. The fraction of sp³-hybridized carbons (Fsp3) is 0.462. The largest absolute Gasteiger partial charge is 0.450 e. The fourth-order valence-corrected chi connectivity index (χ4v) is 2.02. The highest BCUT2D eigenvalue weighted by atomic mass is 16.6. The second kappa shape index (κ2) is 6.23. The highest BCUT2D eigenvalue weighted by Crippen LogP contribution is 2.10. The Morgan fingerprint density at radius 2 is 1.90 bits per heavy atom. The van der Waals surface area contributed by atoms with E-state index < -0.39 is 0 Å². The summed E-state index contributed by atoms with van der Waals surface area (Å²) in [5.41, 5.74) is 5.99. The smallest absolute Gasteiger partial charge is 0.409 e. The minimum absolute atomic E-state index is 0.0963. The van der Waals surface area contributed by atoms with Gasteiger partial charge in [0.2, 0.25) is 0 Å². The van der Waals surface area contributed by atoms with Gasteiger partial charge in [-0.1, -0.05) is 0 Å². The summed E-state index contributed by atoms with van der Waals surface area (Å²) in [6.07, 6.45) is 1.14. The van der Waals surface area contributed by atoms with E-state index in [2.05, 4.69) is 4.98 Å². The van der Waals surface area contributed by atoms with Crippen LogP contribution in [0.1, 0.15) is 17.3 Å². The average molecular weight is 278 g/mol. The molecule has 20 heavy (non-hydrogen) atoms. The van der Waals surface area contributed by atoms with E-state index >= 15 is 0 Å². The Kier molecular flexibility index (Phi) is 4.39. The van der Waals surface area contributed by atoms with Crippen molar-refractivity contribution in [3.8, 4) is 0 Å². The Morgan fingerprint density at radius 1 is 1.25 bits per heavy atom. The average Bonchev–Trinajstić information content (AvgIpc) is 2.48. The summed E-state index contributed by atoms with van der Waals surface area (Å²) in [7, 11) is 0. The minimum atomic E-state index is -0.325. The van der Waals surface area contributed by atoms with Gasteiger partial charge in [0.15, 0.2) is 0 Å². The first kappa shape index (κ1) is 14.1. The summed E-state index contributed by atoms with van der Waals surface area (Å²) in [5, 5.41) is 0. The Morgan fingerprint density at radius 3 is 2.45 bits per heavy atom. The minimum Gasteiger partial charge on any atom is -0.450 e. The van der Waals surface area contributed by atoms with Crippen molar-refractivity contribution in [2.75, 3.05) is 38.5 Å². The molecule has 0 aromatic carbocycles. The quantitative estimate of drug-likeness (QED) is 0.854. The highest BCUT2D eigenvalue weighted by molar-refractivity contribution is 5.94. The molecule has 2 rings (SSSR count). The number of piperazine rings is 1. The summed E-state index contributed by atoms with van der Waals surface area (Å²) >= 11 is 0. The van der Waals surface area contributed by atoms with E-state index in [1.165, 1.54) is 6.20 Å². The number of hydrogen-bond acceptors (Lipinski definition) is 5. The molecule has 2 N–H and O–H groups in total. The number of nitrogens with two attached hydrogens (primary N) is 1. The Balaban J connectivity index is 1.92. The van der Waals surface area contributed by atoms with Crippen molar-refractivity contribution in [3.05, 3.63) is 23.9 Å². The van der Waals surface area contributed by atoms with Gasteiger partial charge in [0.1, 0.15) is 5.82 Å². The van der Waals surface area contributed by atoms with Crippen LogP contribution in [-0.2, 0) is 4.74 Å². The Labute approximate surface area is 117 Å². The third-order valence-corrected chi connectivity index (χ3v) is 3.13. The van der Waals surface area contributed by atoms with Crippen molar-refractivity contribution in [1.82, 2.24) is 14.8 Å². The molecular formula is C13H18N4O3. The molecule has 7 nitrogen and oxygen atoms in total. The van der Waals surface area contributed by atoms with E-state index in [0.29, 0.717) is 44.2 Å². The van der Waals surface area contributed by atoms with Crippen LogP contribution in [0.2, 0.25) is 0 Å². The molecule has 1 aliphatic rings. The molecule has 1 fully saturated rings. The van der Waals surface area contributed by atoms with E-state index in [9.17, 15) is 9.59 Å². The molecule has 0 aliphatic carbocycles. The van der Waals surface area contributed by atoms with E-state index in [0.717, 1.165) is 0 Å². The number of nitrogens with zero attached hydrogens (tertiary/aromatic N) is 3. The van der Waals surface area contributed by atoms with Crippen molar-refractivity contribution in [3.63, 3.8) is 0 Å². The second-order valence-corrected chi connectivity index (χ2v) is 4.45. The van der Waals surface area contributed by atoms with Crippen molar-refractivity contribution in [2.24, 2.45) is 0 Å². The zero-order chi connectivity index (χ0) is 14.5. The molecule has 0 radical (unpaired) electrons. The first-order valence-corrected chi connectivity index (χ1v) is 6.54. The predicted molar refractivity (Wildman–Crippen MR) is 73.1 cm³/mol. The van der Waals surface area contributed by atoms with Crippen molar-refractivity contribution in [1.29, 1.82) is 0 Å². The van der Waals surface area contributed by atoms with Gasteiger partial charge in [0, 0.05) is 32.4 Å². The van der Waals surface area contributed by atoms with E-state index in [1.807, 2.05) is 0 Å². The van der Waals surface area contributed by atoms with Gasteiger partial charge < -0.3 is 20.3 Å². The van der Waals surface area contributed by atoms with Crippen LogP contribution in [-0.4, -0.2) is 59.6 Å². The lowest BCUT2D eigenvalue weighted by molar-refractivity contribution is 0.0570. The van der Waals surface area contributed by atoms with Crippen LogP contribution in [0.25, 0.3) is 0 Å². The number of amides is 2. The van der Waals surface area contributed by atoms with Gasteiger partial charge in [-0.05, 0) is 19.1 Å². The normalized spacial score (nSPS) is 15.1. The molecule has 1 saturated heterocycles. The monoisotopic (exact) mass is 278 g/mol. The Bertz CT molecular complexity index is 481. The standard InChI is InChI=1S/C13H18N4O3/c1-2-20-13(19)17-7-5-16(6-8-17)12(18)10-3-4-11(14)15-9-10/h3-4,9H,2,5-8H2,1H3,(H2,14,15). The lowest BCUT2D eigenvalue weighted by atomic mass is 10.2. The van der Waals surface area contributed by atoms with Gasteiger partial charge in [-0.3, -0.25) is 4.79 Å². The molecule has 0 unspecified atom stereocenters. The summed E-state index contributed by atoms with van der Waals surface area (Å²) < 4.78 is 4.93. The number of anilines is 1. The van der Waals surface area contributed by atoms with Crippen molar-refractivity contribution in [2.45, 2.75) is 6.92 Å². The Hall–Kier alpha value is -2.31. The fourth-order valence-electron chi connectivity index (χ4n) is 2.02. The molecule has 2 heterocycles. The topological polar surface area (TPSA) is 88.8 Å². The molecule has 1 aromatic heterocycles. The van der Waals surface area contributed by atoms with Crippen molar-refractivity contribution >= 4 is 17.8 Å². The number of rotatable bonds is 2. The molecule has 1 aromatic rings. The molecule has 1 aliphatic heterocycles. The maximum Gasteiger partial charge on any atom is 0.409 e. The van der Waals surface area contributed by atoms with Crippen LogP contribution in [0.3, 0.4) is 0 Å². The van der Waals surface area contributed by atoms with E-state index in [1.54, 1.807) is 28.9 Å². The van der Waals surface area contributed by atoms with Crippen molar-refractivity contribution < 1.29 is 14.3 Å². The number of pyridine rings is 1. The molecule has 2 amide bonds. The van der Waals surface area contributed by atoms with Gasteiger partial charge in [0.05, 0.1) is 12.2 Å². The summed E-state index contributed by atoms with van der Waals surface area (Å²) in [4.78, 5) is 31.0. The van der Waals surface area contributed by atoms with Gasteiger partial charge >= 0.3 is 6.09 Å². The van der Waals surface area contributed by atoms with Gasteiger partial charge in [-0.25, -0.2) is 9.78 Å². The number of carbonyl (C=O) groups excluding carboxylic acids is 2. The number of hydrogen-bond donors (Lipinski definition) is 1. The summed E-state index contributed by atoms with van der Waals surface area (Å²) in [5.74, 6) is 0.287. The third kappa shape index (κ3) is 3.17. The molecule has 0 atom stereocenters. The molecule has 0 spiro atoms. The van der Waals surface area contributed by atoms with Crippen LogP contribution in [0.5, 0.6) is 0 Å². The summed E-state index contributed by atoms with van der Waals surface area (Å²) in [6.45, 7) is 4.06. The SMILES string of the molecule is CCOC(=O)N1CCN(C(=O)c2ccc(N)nc2)CC1. The molecule has 108 valence electrons. The number of ether oxygens (including phenoxy) is 1. The van der Waals surface area contributed by atoms with Crippen LogP contribution in [0, 0.1) is 0 Å². The maximum atomic E-state index is 12.2. The molecule has 7 heteroatoms. The number of nitrogen functional groups attached to an aromatic ring is 1. The van der Waals surface area contributed by atoms with Crippen LogP contribution < -0.4 is 5.73 Å². The lowest BCUT2D eigenvalue weighted by Crippen LogP contribution is -2.50. The van der Waals surface area contributed by atoms with Crippen LogP contribution in [0.4, 0.5) is 10.6 Å². The molecule has 0 saturated carbocycles. The number of aromatic nitrogens is 1. The van der Waals surface area contributed by atoms with Gasteiger partial charge in [-0.15, -0.1) is 0 Å². The van der Waals surface area contributed by atoms with Gasteiger partial charge in [0.25, 0.3) is 5.91 Å². The lowest BCUT2D eigenvalue weighted by Gasteiger charge is -2.34. The third-order valence-electron chi connectivity index (χ3n) is 3.13. The van der Waals surface area contributed by atoms with E-state index in [-0.39, 0.29) is 12.0 Å². The second-order valence-electron chi connectivity index (χ2n) is 4.45. The number of carbonyl (C=O) groups is 2. The highest BCUT2D eigenvalue weighted by Gasteiger charge is 2.25. The molecule has 0 bridgehead atoms. The maximum absolute atomic E-state index is 12.2. The van der Waals surface area contributed by atoms with Crippen LogP contribution >= 0.6 is 0 Å². The zero-order valence-electron chi connectivity index (χ0n) is 11.4. The first-order chi connectivity index (χ1) is 9.61. The zero-order valence-corrected chi connectivity index (χ0v) is 11.4. The first-order valence-electron chi connectivity index (χ1n) is 6.54. The summed E-state index contributed by atoms with van der Waals surface area (Å²) in [6, 6.07) is 3.25.